The molecule has 9 atom stereocenters. The standard InChI is InChI=1S/C20H22FN10O8P/c21-9-13-8(38-19(9)30-5-28-10-15(22)24-3-26-17(10)30)2-36-40(33,34)39-14-12(32)7(1-35-13)37-20(14)31-6-29-11-16(23)25-4-27-18(11)31/h3-9,12-14,19-20,32H,1-2H2,(H,33,34)(H2,22,24,26)(H2,23,25,27). The van der Waals surface area contributed by atoms with Gasteiger partial charge < -0.3 is 35.7 Å². The fourth-order valence-electron chi connectivity index (χ4n) is 5.12. The molecule has 4 aromatic rings. The molecule has 0 aromatic carbocycles. The molecule has 40 heavy (non-hydrogen) atoms. The number of anilines is 2. The van der Waals surface area contributed by atoms with Gasteiger partial charge in [-0.1, -0.05) is 0 Å². The van der Waals surface area contributed by atoms with Crippen LogP contribution in [0.15, 0.2) is 25.3 Å². The Balaban J connectivity index is 1.19. The number of nitrogens with zero attached hydrogens (tertiary/aromatic N) is 8. The number of phosphoric ester groups is 1. The second-order valence-corrected chi connectivity index (χ2v) is 10.8. The Morgan fingerprint density at radius 3 is 2.12 bits per heavy atom. The van der Waals surface area contributed by atoms with Crippen molar-refractivity contribution in [2.24, 2.45) is 0 Å². The summed E-state index contributed by atoms with van der Waals surface area (Å²) >= 11 is 0. The molecule has 9 unspecified atom stereocenters. The van der Waals surface area contributed by atoms with E-state index in [0.717, 1.165) is 0 Å². The van der Waals surface area contributed by atoms with Crippen LogP contribution in [0.25, 0.3) is 22.3 Å². The van der Waals surface area contributed by atoms with Crippen molar-refractivity contribution in [3.05, 3.63) is 25.3 Å². The zero-order valence-electron chi connectivity index (χ0n) is 20.2. The van der Waals surface area contributed by atoms with Gasteiger partial charge in [-0.3, -0.25) is 18.2 Å². The van der Waals surface area contributed by atoms with Crippen molar-refractivity contribution in [3.63, 3.8) is 0 Å². The van der Waals surface area contributed by atoms with Crippen LogP contribution in [-0.4, -0.2) is 98.9 Å². The zero-order valence-corrected chi connectivity index (χ0v) is 21.1. The Morgan fingerprint density at radius 1 is 0.875 bits per heavy atom. The minimum atomic E-state index is -4.86. The van der Waals surface area contributed by atoms with Crippen LogP contribution in [0, 0.1) is 0 Å². The number of aliphatic hydroxyl groups excluding tert-OH is 1. The van der Waals surface area contributed by atoms with E-state index in [1.165, 1.54) is 34.4 Å². The van der Waals surface area contributed by atoms with Gasteiger partial charge in [0.1, 0.15) is 54.2 Å². The highest BCUT2D eigenvalue weighted by atomic mass is 31.2. The number of alkyl halides is 1. The molecule has 0 saturated carbocycles. The summed E-state index contributed by atoms with van der Waals surface area (Å²) in [5.41, 5.74) is 12.6. The molecule has 20 heteroatoms. The molecule has 212 valence electrons. The first-order valence-corrected chi connectivity index (χ1v) is 13.5. The van der Waals surface area contributed by atoms with Crippen LogP contribution in [0.2, 0.25) is 0 Å². The minimum Gasteiger partial charge on any atom is -0.387 e. The van der Waals surface area contributed by atoms with Crippen LogP contribution in [0.5, 0.6) is 0 Å². The maximum atomic E-state index is 15.9. The van der Waals surface area contributed by atoms with Gasteiger partial charge in [0.05, 0.1) is 25.9 Å². The molecule has 2 bridgehead atoms. The van der Waals surface area contributed by atoms with Crippen LogP contribution in [-0.2, 0) is 27.8 Å². The smallest absolute Gasteiger partial charge is 0.387 e. The average Bonchev–Trinajstić information content (AvgIpc) is 3.67. The van der Waals surface area contributed by atoms with Gasteiger partial charge in [-0.25, -0.2) is 38.9 Å². The van der Waals surface area contributed by atoms with Gasteiger partial charge in [-0.15, -0.1) is 0 Å². The van der Waals surface area contributed by atoms with Gasteiger partial charge in [-0.05, 0) is 0 Å². The molecule has 0 aliphatic carbocycles. The van der Waals surface area contributed by atoms with E-state index >= 15 is 4.39 Å². The second kappa shape index (κ2) is 9.32. The minimum absolute atomic E-state index is 0.0980. The van der Waals surface area contributed by atoms with Gasteiger partial charge in [0, 0.05) is 0 Å². The van der Waals surface area contributed by atoms with Crippen molar-refractivity contribution >= 4 is 41.8 Å². The monoisotopic (exact) mass is 580 g/mol. The van der Waals surface area contributed by atoms with E-state index in [9.17, 15) is 14.6 Å². The lowest BCUT2D eigenvalue weighted by molar-refractivity contribution is -0.108. The third-order valence-electron chi connectivity index (χ3n) is 7.01. The molecule has 0 amide bonds. The third kappa shape index (κ3) is 4.01. The fourth-order valence-corrected chi connectivity index (χ4v) is 6.05. The summed E-state index contributed by atoms with van der Waals surface area (Å²) in [5.74, 6) is 0.197. The topological polar surface area (TPSA) is 243 Å². The molecule has 7 rings (SSSR count). The number of nitrogens with two attached hydrogens (primary N) is 2. The summed E-state index contributed by atoms with van der Waals surface area (Å²) in [6.07, 6.45) is -5.76. The quantitative estimate of drug-likeness (QED) is 0.213. The SMILES string of the molecule is Nc1ncnc2c1ncn2C1OC2COP(=O)(O)OC3C(O)C(COC2C1F)OC3n1cnc2c(N)ncnc21. The second-order valence-electron chi connectivity index (χ2n) is 9.36. The first-order chi connectivity index (χ1) is 19.2. The summed E-state index contributed by atoms with van der Waals surface area (Å²) in [6.45, 7) is -0.898. The van der Waals surface area contributed by atoms with Crippen molar-refractivity contribution in [1.82, 2.24) is 39.0 Å². The van der Waals surface area contributed by atoms with E-state index in [-0.39, 0.29) is 40.6 Å². The number of fused-ring (bicyclic) bond motifs is 5. The molecule has 6 N–H and O–H groups in total. The van der Waals surface area contributed by atoms with Crippen LogP contribution in [0.1, 0.15) is 12.5 Å². The number of nitrogen functional groups attached to an aromatic ring is 2. The zero-order chi connectivity index (χ0) is 27.8. The number of rotatable bonds is 2. The highest BCUT2D eigenvalue weighted by Gasteiger charge is 2.53. The molecule has 4 aromatic heterocycles. The Labute approximate surface area is 222 Å². The van der Waals surface area contributed by atoms with E-state index in [1.807, 2.05) is 0 Å². The molecule has 7 heterocycles. The largest absolute Gasteiger partial charge is 0.472 e. The predicted octanol–water partition coefficient (Wildman–Crippen LogP) is -0.775. The van der Waals surface area contributed by atoms with E-state index in [0.29, 0.717) is 0 Å². The Hall–Kier alpha value is -3.42. The van der Waals surface area contributed by atoms with Gasteiger partial charge in [-0.2, -0.15) is 0 Å². The summed E-state index contributed by atoms with van der Waals surface area (Å²) < 4.78 is 59.8. The number of aromatic nitrogens is 8. The van der Waals surface area contributed by atoms with Crippen molar-refractivity contribution in [3.8, 4) is 0 Å². The van der Waals surface area contributed by atoms with Gasteiger partial charge in [0.25, 0.3) is 0 Å². The predicted molar refractivity (Wildman–Crippen MR) is 129 cm³/mol. The highest BCUT2D eigenvalue weighted by molar-refractivity contribution is 7.47. The van der Waals surface area contributed by atoms with Crippen LogP contribution in [0.4, 0.5) is 16.0 Å². The lowest BCUT2D eigenvalue weighted by Gasteiger charge is -2.25. The molecule has 0 radical (unpaired) electrons. The van der Waals surface area contributed by atoms with Gasteiger partial charge in [0.15, 0.2) is 41.6 Å². The average molecular weight is 580 g/mol. The number of hydrogen-bond acceptors (Lipinski definition) is 15. The first-order valence-electron chi connectivity index (χ1n) is 12.0. The van der Waals surface area contributed by atoms with Crippen LogP contribution in [0.3, 0.4) is 0 Å². The normalized spacial score (nSPS) is 36.6. The van der Waals surface area contributed by atoms with E-state index in [4.69, 9.17) is 34.7 Å². The summed E-state index contributed by atoms with van der Waals surface area (Å²) in [5, 5.41) is 11.0. The van der Waals surface area contributed by atoms with Crippen molar-refractivity contribution in [2.75, 3.05) is 24.7 Å². The van der Waals surface area contributed by atoms with E-state index in [1.54, 1.807) is 0 Å². The number of ether oxygens (including phenoxy) is 3. The van der Waals surface area contributed by atoms with Crippen molar-refractivity contribution in [2.45, 2.75) is 49.1 Å². The van der Waals surface area contributed by atoms with Crippen LogP contribution >= 0.6 is 7.82 Å². The Bertz CT molecular complexity index is 1640. The third-order valence-corrected chi connectivity index (χ3v) is 8.00. The van der Waals surface area contributed by atoms with E-state index in [2.05, 4.69) is 29.9 Å². The maximum absolute atomic E-state index is 15.9. The lowest BCUT2D eigenvalue weighted by atomic mass is 10.1. The molecule has 3 fully saturated rings. The number of hydrogen-bond donors (Lipinski definition) is 4. The number of aliphatic hydroxyl groups is 1. The molecule has 18 nitrogen and oxygen atoms in total. The number of phosphoric acid groups is 1. The summed E-state index contributed by atoms with van der Waals surface area (Å²) in [6, 6.07) is 0. The maximum Gasteiger partial charge on any atom is 0.472 e. The fraction of sp³-hybridized carbons (Fsp3) is 0.500. The van der Waals surface area contributed by atoms with Gasteiger partial charge in [0.2, 0.25) is 0 Å². The lowest BCUT2D eigenvalue weighted by Crippen LogP contribution is -2.39. The van der Waals surface area contributed by atoms with Crippen molar-refractivity contribution in [1.29, 1.82) is 0 Å². The molecule has 3 aliphatic rings. The van der Waals surface area contributed by atoms with Crippen molar-refractivity contribution < 1.29 is 42.2 Å². The van der Waals surface area contributed by atoms with E-state index < -0.39 is 63.6 Å². The first kappa shape index (κ1) is 25.5. The molecular formula is C20H22FN10O8P. The molecular weight excluding hydrogens is 558 g/mol. The van der Waals surface area contributed by atoms with Crippen LogP contribution < -0.4 is 11.5 Å². The molecule has 3 aliphatic heterocycles. The molecule has 3 saturated heterocycles. The summed E-state index contributed by atoms with van der Waals surface area (Å²) in [7, 11) is -4.86. The Kier molecular flexibility index (Phi) is 5.95. The number of halogens is 1. The highest BCUT2D eigenvalue weighted by Crippen LogP contribution is 2.51. The summed E-state index contributed by atoms with van der Waals surface area (Å²) in [4.78, 5) is 34.8. The molecule has 0 spiro atoms. The number of imidazole rings is 2. The van der Waals surface area contributed by atoms with Gasteiger partial charge >= 0.3 is 7.82 Å². The Morgan fingerprint density at radius 2 is 1.48 bits per heavy atom.